The monoisotopic (exact) mass is 287 g/mol. The largest absolute Gasteiger partial charge is 0.313 e. The molecule has 0 bridgehead atoms. The average Bonchev–Trinajstić information content (AvgIpc) is 2.48. The van der Waals surface area contributed by atoms with Gasteiger partial charge in [-0.2, -0.15) is 0 Å². The minimum Gasteiger partial charge on any atom is -0.313 e. The number of hydrogen-bond donors (Lipinski definition) is 1. The van der Waals surface area contributed by atoms with Crippen molar-refractivity contribution in [3.05, 3.63) is 35.9 Å². The quantitative estimate of drug-likeness (QED) is 0.564. The molecule has 1 aliphatic rings. The van der Waals surface area contributed by atoms with Crippen molar-refractivity contribution in [1.29, 1.82) is 0 Å². The van der Waals surface area contributed by atoms with Crippen LogP contribution in [0, 0.1) is 0 Å². The van der Waals surface area contributed by atoms with Gasteiger partial charge in [0.05, 0.1) is 0 Å². The Morgan fingerprint density at radius 1 is 1.00 bits per heavy atom. The molecule has 2 rings (SSSR count). The maximum absolute atomic E-state index is 3.89. The lowest BCUT2D eigenvalue weighted by Gasteiger charge is -2.49. The Balaban J connectivity index is 2.05. The Labute approximate surface area is 131 Å². The van der Waals surface area contributed by atoms with Crippen molar-refractivity contribution in [2.75, 3.05) is 6.54 Å². The van der Waals surface area contributed by atoms with Crippen molar-refractivity contribution in [2.45, 2.75) is 83.1 Å². The van der Waals surface area contributed by atoms with E-state index in [4.69, 9.17) is 0 Å². The van der Waals surface area contributed by atoms with E-state index >= 15 is 0 Å². The highest BCUT2D eigenvalue weighted by Crippen LogP contribution is 2.47. The lowest BCUT2D eigenvalue weighted by atomic mass is 9.59. The second kappa shape index (κ2) is 8.58. The topological polar surface area (TPSA) is 12.0 Å². The van der Waals surface area contributed by atoms with Crippen LogP contribution in [0.3, 0.4) is 0 Å². The molecular weight excluding hydrogens is 254 g/mol. The number of rotatable bonds is 10. The van der Waals surface area contributed by atoms with Gasteiger partial charge in [-0.15, -0.1) is 0 Å². The molecule has 0 radical (unpaired) electrons. The lowest BCUT2D eigenvalue weighted by Crippen LogP contribution is -2.53. The van der Waals surface area contributed by atoms with Gasteiger partial charge >= 0.3 is 0 Å². The molecule has 118 valence electrons. The fourth-order valence-electron chi connectivity index (χ4n) is 3.83. The third kappa shape index (κ3) is 4.10. The molecule has 0 aromatic heterocycles. The number of nitrogens with one attached hydrogen (secondary N) is 1. The molecule has 0 aliphatic heterocycles. The summed E-state index contributed by atoms with van der Waals surface area (Å²) in [5, 5.41) is 3.89. The van der Waals surface area contributed by atoms with E-state index in [0.717, 1.165) is 6.54 Å². The van der Waals surface area contributed by atoms with E-state index in [1.165, 1.54) is 57.8 Å². The first-order chi connectivity index (χ1) is 10.3. The smallest absolute Gasteiger partial charge is 0.0164 e. The van der Waals surface area contributed by atoms with Gasteiger partial charge in [0.2, 0.25) is 0 Å². The van der Waals surface area contributed by atoms with E-state index in [-0.39, 0.29) is 0 Å². The van der Waals surface area contributed by atoms with Crippen LogP contribution in [0.2, 0.25) is 0 Å². The number of hydrogen-bond acceptors (Lipinski definition) is 1. The third-order valence-corrected chi connectivity index (χ3v) is 5.25. The van der Waals surface area contributed by atoms with E-state index in [1.807, 2.05) is 0 Å². The van der Waals surface area contributed by atoms with Crippen molar-refractivity contribution < 1.29 is 0 Å². The summed E-state index contributed by atoms with van der Waals surface area (Å²) in [7, 11) is 0. The molecule has 1 aromatic rings. The van der Waals surface area contributed by atoms with Crippen molar-refractivity contribution in [1.82, 2.24) is 5.32 Å². The number of unbranched alkanes of at least 4 members (excludes halogenated alkanes) is 3. The highest BCUT2D eigenvalue weighted by molar-refractivity contribution is 5.30. The van der Waals surface area contributed by atoms with Gasteiger partial charge in [0, 0.05) is 11.5 Å². The van der Waals surface area contributed by atoms with Gasteiger partial charge in [-0.25, -0.2) is 0 Å². The van der Waals surface area contributed by atoms with Gasteiger partial charge in [-0.05, 0) is 37.8 Å². The summed E-state index contributed by atoms with van der Waals surface area (Å²) in [6, 6.07) is 11.9. The summed E-state index contributed by atoms with van der Waals surface area (Å²) >= 11 is 0. The predicted molar refractivity (Wildman–Crippen MR) is 92.8 cm³/mol. The van der Waals surface area contributed by atoms with Crippen LogP contribution in [-0.2, 0) is 5.41 Å². The Hall–Kier alpha value is -0.820. The van der Waals surface area contributed by atoms with Crippen molar-refractivity contribution in [3.8, 4) is 0 Å². The normalized spacial score (nSPS) is 18.2. The summed E-state index contributed by atoms with van der Waals surface area (Å²) in [6.45, 7) is 5.73. The van der Waals surface area contributed by atoms with Crippen LogP contribution in [0.1, 0.15) is 77.2 Å². The Morgan fingerprint density at radius 2 is 1.76 bits per heavy atom. The first-order valence-electron chi connectivity index (χ1n) is 9.12. The summed E-state index contributed by atoms with van der Waals surface area (Å²) in [5.74, 6) is 0. The Kier molecular flexibility index (Phi) is 6.76. The molecule has 1 fully saturated rings. The minimum absolute atomic E-state index is 0.419. The van der Waals surface area contributed by atoms with Crippen LogP contribution >= 0.6 is 0 Å². The lowest BCUT2D eigenvalue weighted by molar-refractivity contribution is 0.159. The molecule has 0 heterocycles. The highest BCUT2D eigenvalue weighted by atomic mass is 14.9. The molecule has 1 nitrogen and oxygen atoms in total. The first-order valence-corrected chi connectivity index (χ1v) is 9.12. The summed E-state index contributed by atoms with van der Waals surface area (Å²) in [6.07, 6.45) is 12.2. The van der Waals surface area contributed by atoms with Crippen LogP contribution < -0.4 is 5.32 Å². The minimum atomic E-state index is 0.419. The van der Waals surface area contributed by atoms with Gasteiger partial charge in [-0.3, -0.25) is 0 Å². The fourth-order valence-corrected chi connectivity index (χ4v) is 3.83. The van der Waals surface area contributed by atoms with Gasteiger partial charge in [0.15, 0.2) is 0 Å². The average molecular weight is 287 g/mol. The van der Waals surface area contributed by atoms with Gasteiger partial charge in [0.1, 0.15) is 0 Å². The third-order valence-electron chi connectivity index (χ3n) is 5.25. The molecule has 1 N–H and O–H groups in total. The van der Waals surface area contributed by atoms with Gasteiger partial charge in [-0.1, -0.05) is 76.3 Å². The van der Waals surface area contributed by atoms with Crippen LogP contribution in [0.4, 0.5) is 0 Å². The molecule has 21 heavy (non-hydrogen) atoms. The molecule has 1 unspecified atom stereocenters. The fraction of sp³-hybridized carbons (Fsp3) is 0.700. The van der Waals surface area contributed by atoms with Crippen molar-refractivity contribution in [2.24, 2.45) is 0 Å². The van der Waals surface area contributed by atoms with Gasteiger partial charge in [0.25, 0.3) is 0 Å². The van der Waals surface area contributed by atoms with E-state index in [1.54, 1.807) is 5.56 Å². The van der Waals surface area contributed by atoms with Crippen LogP contribution in [-0.4, -0.2) is 12.6 Å². The van der Waals surface area contributed by atoms with Crippen molar-refractivity contribution >= 4 is 0 Å². The first kappa shape index (κ1) is 16.5. The SMILES string of the molecule is CCCCCCC(NCCC)C1(c2ccccc2)CCC1. The zero-order valence-corrected chi connectivity index (χ0v) is 14.0. The molecule has 0 saturated heterocycles. The zero-order valence-electron chi connectivity index (χ0n) is 14.0. The summed E-state index contributed by atoms with van der Waals surface area (Å²) < 4.78 is 0. The van der Waals surface area contributed by atoms with E-state index in [0.29, 0.717) is 11.5 Å². The van der Waals surface area contributed by atoms with Crippen LogP contribution in [0.5, 0.6) is 0 Å². The van der Waals surface area contributed by atoms with E-state index in [9.17, 15) is 0 Å². The maximum Gasteiger partial charge on any atom is 0.0164 e. The summed E-state index contributed by atoms with van der Waals surface area (Å²) in [5.41, 5.74) is 1.99. The molecule has 1 atom stereocenters. The highest BCUT2D eigenvalue weighted by Gasteiger charge is 2.44. The molecule has 1 aliphatic carbocycles. The molecular formula is C20H33N. The molecule has 1 saturated carbocycles. The summed E-state index contributed by atoms with van der Waals surface area (Å²) in [4.78, 5) is 0. The Morgan fingerprint density at radius 3 is 2.33 bits per heavy atom. The predicted octanol–water partition coefficient (Wildman–Crippen LogP) is 5.45. The second-order valence-corrected chi connectivity index (χ2v) is 6.73. The maximum atomic E-state index is 3.89. The standard InChI is InChI=1S/C20H33N/c1-3-5-6-10-14-19(21-17-4-2)20(15-11-16-20)18-12-8-7-9-13-18/h7-9,12-13,19,21H,3-6,10-11,14-17H2,1-2H3. The van der Waals surface area contributed by atoms with E-state index < -0.39 is 0 Å². The van der Waals surface area contributed by atoms with Crippen LogP contribution in [0.25, 0.3) is 0 Å². The van der Waals surface area contributed by atoms with Crippen LogP contribution in [0.15, 0.2) is 30.3 Å². The molecule has 0 amide bonds. The molecule has 1 heteroatoms. The van der Waals surface area contributed by atoms with Crippen molar-refractivity contribution in [3.63, 3.8) is 0 Å². The zero-order chi connectivity index (χ0) is 15.0. The Bertz CT molecular complexity index is 380. The molecule has 0 spiro atoms. The van der Waals surface area contributed by atoms with Gasteiger partial charge < -0.3 is 5.32 Å². The molecule has 1 aromatic carbocycles. The number of benzene rings is 1. The van der Waals surface area contributed by atoms with E-state index in [2.05, 4.69) is 49.5 Å². The second-order valence-electron chi connectivity index (χ2n) is 6.73.